The molecule has 1 unspecified atom stereocenters. The monoisotopic (exact) mass is 430 g/mol. The van der Waals surface area contributed by atoms with Crippen LogP contribution in [0.15, 0.2) is 18.2 Å². The highest BCUT2D eigenvalue weighted by atomic mass is 16.5. The van der Waals surface area contributed by atoms with E-state index in [2.05, 4.69) is 10.6 Å². The third kappa shape index (κ3) is 5.49. The van der Waals surface area contributed by atoms with E-state index >= 15 is 0 Å². The van der Waals surface area contributed by atoms with Crippen molar-refractivity contribution in [3.05, 3.63) is 29.3 Å². The van der Waals surface area contributed by atoms with Crippen LogP contribution in [0.2, 0.25) is 0 Å². The Morgan fingerprint density at radius 1 is 1.13 bits per heavy atom. The number of likely N-dealkylation sites (N-methyl/N-ethyl adjacent to an activating group) is 1. The fourth-order valence-corrected chi connectivity index (χ4v) is 3.49. The van der Waals surface area contributed by atoms with Gasteiger partial charge in [-0.1, -0.05) is 6.07 Å². The molecule has 2 heterocycles. The number of piperidine rings is 1. The van der Waals surface area contributed by atoms with E-state index in [1.807, 2.05) is 19.8 Å². The Kier molecular flexibility index (Phi) is 7.77. The lowest BCUT2D eigenvalue weighted by atomic mass is 10.0. The van der Waals surface area contributed by atoms with Crippen LogP contribution >= 0.6 is 0 Å². The molecule has 2 aliphatic heterocycles. The van der Waals surface area contributed by atoms with Gasteiger partial charge < -0.3 is 19.6 Å². The topological polar surface area (TPSA) is 117 Å². The number of carbonyl (C=O) groups excluding carboxylic acids is 4. The number of hydrogen-bond acceptors (Lipinski definition) is 8. The van der Waals surface area contributed by atoms with Gasteiger partial charge in [0.05, 0.1) is 37.6 Å². The molecule has 0 spiro atoms. The fourth-order valence-electron chi connectivity index (χ4n) is 3.49. The summed E-state index contributed by atoms with van der Waals surface area (Å²) in [5.74, 6) is -2.08. The van der Waals surface area contributed by atoms with Crippen molar-refractivity contribution < 1.29 is 28.7 Å². The van der Waals surface area contributed by atoms with Crippen LogP contribution in [-0.4, -0.2) is 93.9 Å². The minimum Gasteiger partial charge on any atom is -0.382 e. The third-order valence-electron chi connectivity index (χ3n) is 5.08. The second-order valence-electron chi connectivity index (χ2n) is 7.63. The zero-order valence-corrected chi connectivity index (χ0v) is 17.8. The molecule has 1 saturated heterocycles. The van der Waals surface area contributed by atoms with E-state index in [0.29, 0.717) is 38.7 Å². The van der Waals surface area contributed by atoms with Gasteiger partial charge >= 0.3 is 0 Å². The van der Waals surface area contributed by atoms with Crippen molar-refractivity contribution in [2.24, 2.45) is 0 Å². The summed E-state index contributed by atoms with van der Waals surface area (Å²) in [7, 11) is 3.96. The first kappa shape index (κ1) is 22.9. The molecule has 1 fully saturated rings. The first-order chi connectivity index (χ1) is 14.9. The average Bonchev–Trinajstić information content (AvgIpc) is 2.98. The Morgan fingerprint density at radius 3 is 2.58 bits per heavy atom. The SMILES string of the molecule is BN(C)CCOCCOCCNc1cccc2c1C(=O)N(C1CCC(=O)NC1=O)C2=O. The average molecular weight is 430 g/mol. The molecule has 2 aliphatic rings. The summed E-state index contributed by atoms with van der Waals surface area (Å²) < 4.78 is 11.0. The molecule has 166 valence electrons. The number of anilines is 1. The number of amides is 4. The first-order valence-corrected chi connectivity index (χ1v) is 10.3. The number of benzene rings is 1. The highest BCUT2D eigenvalue weighted by Gasteiger charge is 2.45. The van der Waals surface area contributed by atoms with Gasteiger partial charge in [-0.05, 0) is 25.6 Å². The van der Waals surface area contributed by atoms with Crippen molar-refractivity contribution in [3.63, 3.8) is 0 Å². The second-order valence-corrected chi connectivity index (χ2v) is 7.63. The van der Waals surface area contributed by atoms with E-state index in [9.17, 15) is 19.2 Å². The molecule has 1 aromatic carbocycles. The number of carbonyl (C=O) groups is 4. The van der Waals surface area contributed by atoms with Crippen LogP contribution < -0.4 is 10.6 Å². The lowest BCUT2D eigenvalue weighted by Crippen LogP contribution is -2.54. The van der Waals surface area contributed by atoms with Crippen molar-refractivity contribution in [2.45, 2.75) is 18.9 Å². The Labute approximate surface area is 181 Å². The molecule has 1 atom stereocenters. The van der Waals surface area contributed by atoms with Crippen LogP contribution in [0.1, 0.15) is 33.6 Å². The lowest BCUT2D eigenvalue weighted by molar-refractivity contribution is -0.136. The van der Waals surface area contributed by atoms with Crippen LogP contribution in [0.3, 0.4) is 0 Å². The zero-order valence-electron chi connectivity index (χ0n) is 17.8. The van der Waals surface area contributed by atoms with Crippen LogP contribution in [0, 0.1) is 0 Å². The number of nitrogens with zero attached hydrogens (tertiary/aromatic N) is 2. The van der Waals surface area contributed by atoms with Crippen LogP contribution in [0.4, 0.5) is 5.69 Å². The normalized spacial score (nSPS) is 18.5. The standard InChI is InChI=1S/C20H27BN4O6/c1-24(21)8-10-31-12-11-30-9-7-22-14-4-2-3-13-17(14)20(29)25(19(13)28)15-5-6-16(26)23-18(15)27/h2-4,15,22H,5-12,21H2,1H3,(H,23,26,27). The largest absolute Gasteiger partial charge is 0.382 e. The third-order valence-corrected chi connectivity index (χ3v) is 5.08. The number of ether oxygens (including phenoxy) is 2. The number of fused-ring (bicyclic) bond motifs is 1. The molecule has 0 aliphatic carbocycles. The van der Waals surface area contributed by atoms with Gasteiger partial charge in [0.1, 0.15) is 6.04 Å². The van der Waals surface area contributed by atoms with Crippen LogP contribution in [0.25, 0.3) is 0 Å². The quantitative estimate of drug-likeness (QED) is 0.261. The van der Waals surface area contributed by atoms with E-state index in [0.717, 1.165) is 11.4 Å². The highest BCUT2D eigenvalue weighted by molar-refractivity contribution is 6.25. The van der Waals surface area contributed by atoms with Gasteiger partial charge in [0.15, 0.2) is 7.98 Å². The number of imide groups is 2. The Balaban J connectivity index is 1.52. The minimum atomic E-state index is -0.978. The summed E-state index contributed by atoms with van der Waals surface area (Å²) in [4.78, 5) is 52.3. The van der Waals surface area contributed by atoms with Gasteiger partial charge in [-0.15, -0.1) is 0 Å². The molecule has 11 heteroatoms. The predicted molar refractivity (Wildman–Crippen MR) is 114 cm³/mol. The fraction of sp³-hybridized carbons (Fsp3) is 0.500. The summed E-state index contributed by atoms with van der Waals surface area (Å²) in [6.07, 6.45) is 0.217. The maximum atomic E-state index is 13.0. The first-order valence-electron chi connectivity index (χ1n) is 10.3. The molecule has 0 aromatic heterocycles. The van der Waals surface area contributed by atoms with Crippen LogP contribution in [-0.2, 0) is 19.1 Å². The van der Waals surface area contributed by atoms with Gasteiger partial charge in [-0.25, -0.2) is 0 Å². The van der Waals surface area contributed by atoms with Gasteiger partial charge in [-0.3, -0.25) is 29.4 Å². The number of nitrogens with one attached hydrogen (secondary N) is 2. The molecular weight excluding hydrogens is 403 g/mol. The molecule has 1 aromatic rings. The summed E-state index contributed by atoms with van der Waals surface area (Å²) >= 11 is 0. The minimum absolute atomic E-state index is 0.0884. The maximum Gasteiger partial charge on any atom is 0.264 e. The van der Waals surface area contributed by atoms with Crippen molar-refractivity contribution in [1.82, 2.24) is 15.0 Å². The van der Waals surface area contributed by atoms with Gasteiger partial charge in [0.25, 0.3) is 11.8 Å². The van der Waals surface area contributed by atoms with Crippen molar-refractivity contribution in [3.8, 4) is 0 Å². The molecule has 4 amide bonds. The van der Waals surface area contributed by atoms with Crippen molar-refractivity contribution in [1.29, 1.82) is 0 Å². The molecule has 0 radical (unpaired) electrons. The number of rotatable bonds is 11. The Bertz CT molecular complexity index is 862. The smallest absolute Gasteiger partial charge is 0.264 e. The van der Waals surface area contributed by atoms with Gasteiger partial charge in [0, 0.05) is 25.2 Å². The lowest BCUT2D eigenvalue weighted by Gasteiger charge is -2.27. The van der Waals surface area contributed by atoms with Crippen molar-refractivity contribution in [2.75, 3.05) is 51.9 Å². The molecule has 10 nitrogen and oxygen atoms in total. The molecule has 0 saturated carbocycles. The van der Waals surface area contributed by atoms with E-state index in [1.54, 1.807) is 18.2 Å². The zero-order chi connectivity index (χ0) is 22.4. The van der Waals surface area contributed by atoms with E-state index in [-0.39, 0.29) is 24.0 Å². The summed E-state index contributed by atoms with van der Waals surface area (Å²) in [5, 5.41) is 5.32. The molecule has 2 N–H and O–H groups in total. The number of hydrogen-bond donors (Lipinski definition) is 2. The van der Waals surface area contributed by atoms with Crippen molar-refractivity contribution >= 4 is 37.3 Å². The summed E-state index contributed by atoms with van der Waals surface area (Å²) in [6, 6.07) is 3.98. The van der Waals surface area contributed by atoms with E-state index in [4.69, 9.17) is 9.47 Å². The molecule has 3 rings (SSSR count). The van der Waals surface area contributed by atoms with Gasteiger partial charge in [-0.2, -0.15) is 0 Å². The maximum absolute atomic E-state index is 13.0. The van der Waals surface area contributed by atoms with E-state index in [1.165, 1.54) is 0 Å². The molecule has 0 bridgehead atoms. The van der Waals surface area contributed by atoms with Gasteiger partial charge in [0.2, 0.25) is 11.8 Å². The predicted octanol–water partition coefficient (Wildman–Crippen LogP) is -0.987. The second kappa shape index (κ2) is 10.5. The van der Waals surface area contributed by atoms with Crippen LogP contribution in [0.5, 0.6) is 0 Å². The highest BCUT2D eigenvalue weighted by Crippen LogP contribution is 2.32. The molecular formula is C20H27BN4O6. The Morgan fingerprint density at radius 2 is 1.87 bits per heavy atom. The molecule has 31 heavy (non-hydrogen) atoms. The van der Waals surface area contributed by atoms with E-state index < -0.39 is 29.7 Å². The summed E-state index contributed by atoms with van der Waals surface area (Å²) in [6.45, 7) is 3.30. The Hall–Kier alpha value is -2.76. The summed E-state index contributed by atoms with van der Waals surface area (Å²) in [5.41, 5.74) is 0.996.